The highest BCUT2D eigenvalue weighted by Crippen LogP contribution is 2.40. The molecule has 1 saturated heterocycles. The van der Waals surface area contributed by atoms with E-state index < -0.39 is 11.6 Å². The van der Waals surface area contributed by atoms with Crippen molar-refractivity contribution in [3.05, 3.63) is 18.4 Å². The molecule has 20 heavy (non-hydrogen) atoms. The predicted molar refractivity (Wildman–Crippen MR) is 79.1 cm³/mol. The Labute approximate surface area is 122 Å². The van der Waals surface area contributed by atoms with E-state index in [0.29, 0.717) is 5.92 Å². The van der Waals surface area contributed by atoms with Crippen LogP contribution in [0.3, 0.4) is 0 Å². The minimum atomic E-state index is -0.971. The Morgan fingerprint density at radius 2 is 2.10 bits per heavy atom. The molecule has 2 N–H and O–H groups in total. The Kier molecular flexibility index (Phi) is 5.58. The first kappa shape index (κ1) is 17.0. The highest BCUT2D eigenvalue weighted by molar-refractivity contribution is 5.67. The molecule has 1 heterocycles. The first-order valence-corrected chi connectivity index (χ1v) is 7.22. The predicted octanol–water partition coefficient (Wildman–Crippen LogP) is 2.43. The molecule has 0 amide bonds. The van der Waals surface area contributed by atoms with Crippen LogP contribution in [0.15, 0.2) is 18.4 Å². The maximum absolute atomic E-state index is 11.5. The lowest BCUT2D eigenvalue weighted by Gasteiger charge is -2.35. The number of esters is 1. The van der Waals surface area contributed by atoms with Gasteiger partial charge in [0.15, 0.2) is 5.60 Å². The average molecular weight is 281 g/mol. The summed E-state index contributed by atoms with van der Waals surface area (Å²) in [6.07, 6.45) is 2.08. The minimum Gasteiger partial charge on any atom is -0.450 e. The van der Waals surface area contributed by atoms with Gasteiger partial charge in [0.05, 0.1) is 12.1 Å². The molecule has 0 radical (unpaired) electrons. The third-order valence-electron chi connectivity index (χ3n) is 3.64. The fourth-order valence-electron chi connectivity index (χ4n) is 2.95. The number of carbonyl (C=O) groups is 1. The first-order valence-electron chi connectivity index (χ1n) is 7.22. The number of carbonyl (C=O) groups excluding carboxylic acids is 1. The van der Waals surface area contributed by atoms with Crippen molar-refractivity contribution < 1.29 is 14.3 Å². The van der Waals surface area contributed by atoms with Gasteiger partial charge in [0.25, 0.3) is 0 Å². The van der Waals surface area contributed by atoms with Crippen molar-refractivity contribution in [3.8, 4) is 0 Å². The molecule has 1 aliphatic rings. The number of ether oxygens (including phenoxy) is 2. The summed E-state index contributed by atoms with van der Waals surface area (Å²) in [7, 11) is 0. The van der Waals surface area contributed by atoms with Gasteiger partial charge in [-0.2, -0.15) is 0 Å². The van der Waals surface area contributed by atoms with Gasteiger partial charge in [0.1, 0.15) is 6.10 Å². The molecule has 0 saturated carbocycles. The van der Waals surface area contributed by atoms with Crippen LogP contribution in [0.5, 0.6) is 0 Å². The fourth-order valence-corrected chi connectivity index (χ4v) is 2.95. The maximum Gasteiger partial charge on any atom is 0.303 e. The molecule has 0 aliphatic carbocycles. The summed E-state index contributed by atoms with van der Waals surface area (Å²) >= 11 is 0. The molecular weight excluding hydrogens is 254 g/mol. The minimum absolute atomic E-state index is 0.133. The molecule has 0 aromatic carbocycles. The molecule has 4 heteroatoms. The van der Waals surface area contributed by atoms with E-state index in [1.165, 1.54) is 6.92 Å². The molecule has 0 aromatic heterocycles. The van der Waals surface area contributed by atoms with Crippen molar-refractivity contribution in [1.29, 1.82) is 0 Å². The Balaban J connectivity index is 3.19. The monoisotopic (exact) mass is 281 g/mol. The molecule has 4 nitrogen and oxygen atoms in total. The molecule has 0 unspecified atom stereocenters. The van der Waals surface area contributed by atoms with Crippen molar-refractivity contribution in [2.75, 3.05) is 0 Å². The highest BCUT2D eigenvalue weighted by Gasteiger charge is 2.57. The van der Waals surface area contributed by atoms with Gasteiger partial charge in [0, 0.05) is 13.0 Å². The summed E-state index contributed by atoms with van der Waals surface area (Å²) in [4.78, 5) is 11.5. The van der Waals surface area contributed by atoms with Crippen LogP contribution in [0, 0.1) is 11.8 Å². The lowest BCUT2D eigenvalue weighted by atomic mass is 9.82. The smallest absolute Gasteiger partial charge is 0.303 e. The van der Waals surface area contributed by atoms with Crippen molar-refractivity contribution in [1.82, 2.24) is 0 Å². The molecule has 114 valence electrons. The molecule has 1 rings (SSSR count). The van der Waals surface area contributed by atoms with E-state index in [4.69, 9.17) is 15.2 Å². The van der Waals surface area contributed by atoms with Crippen LogP contribution in [0.25, 0.3) is 0 Å². The van der Waals surface area contributed by atoms with Crippen LogP contribution in [0.1, 0.15) is 41.0 Å². The normalized spacial score (nSPS) is 33.3. The zero-order valence-corrected chi connectivity index (χ0v) is 13.2. The molecule has 0 bridgehead atoms. The summed E-state index contributed by atoms with van der Waals surface area (Å²) in [5.74, 6) is 0.258. The summed E-state index contributed by atoms with van der Waals surface area (Å²) < 4.78 is 11.7. The summed E-state index contributed by atoms with van der Waals surface area (Å²) in [6.45, 7) is 13.3. The molecular formula is C16H27NO3. The maximum atomic E-state index is 11.5. The summed E-state index contributed by atoms with van der Waals surface area (Å²) in [6, 6.07) is -0.407. The van der Waals surface area contributed by atoms with Gasteiger partial charge in [-0.25, -0.2) is 0 Å². The topological polar surface area (TPSA) is 61.5 Å². The quantitative estimate of drug-likeness (QED) is 0.621. The van der Waals surface area contributed by atoms with Gasteiger partial charge in [-0.1, -0.05) is 34.3 Å². The van der Waals surface area contributed by atoms with Crippen LogP contribution in [-0.2, 0) is 14.3 Å². The molecule has 0 spiro atoms. The Morgan fingerprint density at radius 1 is 1.50 bits per heavy atom. The molecule has 1 aliphatic heterocycles. The van der Waals surface area contributed by atoms with E-state index in [-0.39, 0.29) is 24.1 Å². The zero-order valence-electron chi connectivity index (χ0n) is 13.2. The van der Waals surface area contributed by atoms with Gasteiger partial charge in [-0.05, 0) is 18.3 Å². The van der Waals surface area contributed by atoms with E-state index in [1.807, 2.05) is 13.8 Å². The Morgan fingerprint density at radius 3 is 2.50 bits per heavy atom. The standard InChI is InChI=1S/C16H27NO3/c1-7-8-16(20-12(6)18)14(17)13(9-10(2)3)19-15(16)11(4)5/h8,10-11,13-15H,1,9,17H2,2-6H3/t13-,14-,15+,16-/m1/s1. The fraction of sp³-hybridized carbons (Fsp3) is 0.750. The summed E-state index contributed by atoms with van der Waals surface area (Å²) in [5.41, 5.74) is 8.13. The SMILES string of the molecule is C=C=C[C@@]1(OC(C)=O)[C@H](N)[C@@H](CC(C)C)O[C@H]1C(C)C. The van der Waals surface area contributed by atoms with E-state index in [2.05, 4.69) is 26.2 Å². The number of nitrogens with two attached hydrogens (primary N) is 1. The van der Waals surface area contributed by atoms with E-state index >= 15 is 0 Å². The largest absolute Gasteiger partial charge is 0.450 e. The van der Waals surface area contributed by atoms with E-state index in [1.54, 1.807) is 6.08 Å². The van der Waals surface area contributed by atoms with Gasteiger partial charge in [-0.3, -0.25) is 4.79 Å². The number of hydrogen-bond acceptors (Lipinski definition) is 4. The Hall–Kier alpha value is -1.09. The van der Waals surface area contributed by atoms with Gasteiger partial charge in [-0.15, -0.1) is 5.73 Å². The number of rotatable bonds is 5. The summed E-state index contributed by atoms with van der Waals surface area (Å²) in [5, 5.41) is 0. The van der Waals surface area contributed by atoms with E-state index in [0.717, 1.165) is 6.42 Å². The van der Waals surface area contributed by atoms with Crippen molar-refractivity contribution >= 4 is 5.97 Å². The lowest BCUT2D eigenvalue weighted by molar-refractivity contribution is -0.160. The van der Waals surface area contributed by atoms with Crippen molar-refractivity contribution in [2.24, 2.45) is 17.6 Å². The second kappa shape index (κ2) is 6.57. The second-order valence-corrected chi connectivity index (χ2v) is 6.29. The van der Waals surface area contributed by atoms with Crippen molar-refractivity contribution in [2.45, 2.75) is 64.9 Å². The average Bonchev–Trinajstić information content (AvgIpc) is 2.54. The molecule has 4 atom stereocenters. The molecule has 1 fully saturated rings. The highest BCUT2D eigenvalue weighted by atomic mass is 16.6. The van der Waals surface area contributed by atoms with Crippen LogP contribution in [0.4, 0.5) is 0 Å². The van der Waals surface area contributed by atoms with Crippen LogP contribution in [-0.4, -0.2) is 29.8 Å². The lowest BCUT2D eigenvalue weighted by Crippen LogP contribution is -2.55. The molecule has 0 aromatic rings. The van der Waals surface area contributed by atoms with Gasteiger partial charge in [0.2, 0.25) is 0 Å². The second-order valence-electron chi connectivity index (χ2n) is 6.29. The number of hydrogen-bond donors (Lipinski definition) is 1. The van der Waals surface area contributed by atoms with Gasteiger partial charge >= 0.3 is 5.97 Å². The third-order valence-corrected chi connectivity index (χ3v) is 3.64. The Bertz CT molecular complexity index is 399. The third kappa shape index (κ3) is 3.32. The van der Waals surface area contributed by atoms with Crippen molar-refractivity contribution in [3.63, 3.8) is 0 Å². The van der Waals surface area contributed by atoms with Crippen LogP contribution in [0.2, 0.25) is 0 Å². The first-order chi connectivity index (χ1) is 9.24. The van der Waals surface area contributed by atoms with Crippen LogP contribution >= 0.6 is 0 Å². The van der Waals surface area contributed by atoms with E-state index in [9.17, 15) is 4.79 Å². The van der Waals surface area contributed by atoms with Crippen LogP contribution < -0.4 is 5.73 Å². The van der Waals surface area contributed by atoms with Gasteiger partial charge < -0.3 is 15.2 Å². The zero-order chi connectivity index (χ0) is 15.5.